The molecule has 1 N–H and O–H groups in total. The SMILES string of the molecule is Cc1ccc([C@@H](c2c(NC(=O)c3ccco3)sc(C)c2C)N2CCN(c3ccccc3)CC2)cc1. The number of furan rings is 1. The van der Waals surface area contributed by atoms with Crippen LogP contribution in [-0.4, -0.2) is 37.0 Å². The molecule has 180 valence electrons. The zero-order chi connectivity index (χ0) is 24.4. The van der Waals surface area contributed by atoms with Crippen LogP contribution >= 0.6 is 11.3 Å². The van der Waals surface area contributed by atoms with Crippen LogP contribution in [0.3, 0.4) is 0 Å². The minimum Gasteiger partial charge on any atom is -0.459 e. The third-order valence-corrected chi connectivity index (χ3v) is 8.01. The monoisotopic (exact) mass is 485 g/mol. The highest BCUT2D eigenvalue weighted by Crippen LogP contribution is 2.43. The van der Waals surface area contributed by atoms with Crippen LogP contribution in [0.4, 0.5) is 10.7 Å². The molecule has 3 heterocycles. The number of carbonyl (C=O) groups is 1. The number of amides is 1. The lowest BCUT2D eigenvalue weighted by molar-refractivity contribution is 0.0996. The number of hydrogen-bond acceptors (Lipinski definition) is 5. The summed E-state index contributed by atoms with van der Waals surface area (Å²) < 4.78 is 5.35. The van der Waals surface area contributed by atoms with Gasteiger partial charge in [0, 0.05) is 42.3 Å². The molecule has 0 bridgehead atoms. The summed E-state index contributed by atoms with van der Waals surface area (Å²) in [7, 11) is 0. The molecule has 0 spiro atoms. The van der Waals surface area contributed by atoms with E-state index >= 15 is 0 Å². The summed E-state index contributed by atoms with van der Waals surface area (Å²) in [5, 5.41) is 4.06. The second-order valence-electron chi connectivity index (χ2n) is 9.13. The van der Waals surface area contributed by atoms with Gasteiger partial charge in [-0.1, -0.05) is 48.0 Å². The second-order valence-corrected chi connectivity index (χ2v) is 10.4. The highest BCUT2D eigenvalue weighted by molar-refractivity contribution is 7.16. The topological polar surface area (TPSA) is 48.7 Å². The van der Waals surface area contributed by atoms with E-state index in [9.17, 15) is 4.79 Å². The van der Waals surface area contributed by atoms with Crippen molar-refractivity contribution >= 4 is 27.9 Å². The Balaban J connectivity index is 1.49. The standard InChI is InChI=1S/C29H31N3O2S/c1-20-11-13-23(14-12-20)27(32-17-15-31(16-18-32)24-8-5-4-6-9-24)26-21(2)22(3)35-29(26)30-28(33)25-10-7-19-34-25/h4-14,19,27H,15-18H2,1-3H3,(H,30,33)/t27-/m0/s1. The zero-order valence-electron chi connectivity index (χ0n) is 20.5. The van der Waals surface area contributed by atoms with E-state index in [1.165, 1.54) is 39.1 Å². The van der Waals surface area contributed by atoms with Gasteiger partial charge in [0.1, 0.15) is 5.00 Å². The summed E-state index contributed by atoms with van der Waals surface area (Å²) in [5.74, 6) is 0.108. The Labute approximate surface area is 211 Å². The average Bonchev–Trinajstić information content (AvgIpc) is 3.51. The van der Waals surface area contributed by atoms with Crippen LogP contribution in [-0.2, 0) is 0 Å². The van der Waals surface area contributed by atoms with Gasteiger partial charge in [-0.05, 0) is 56.2 Å². The number of anilines is 2. The maximum absolute atomic E-state index is 12.9. The number of aryl methyl sites for hydroxylation is 2. The van der Waals surface area contributed by atoms with E-state index in [2.05, 4.69) is 90.5 Å². The van der Waals surface area contributed by atoms with E-state index in [1.807, 2.05) is 0 Å². The number of carbonyl (C=O) groups excluding carboxylic acids is 1. The number of nitrogens with zero attached hydrogens (tertiary/aromatic N) is 2. The van der Waals surface area contributed by atoms with Crippen LogP contribution < -0.4 is 10.2 Å². The van der Waals surface area contributed by atoms with E-state index in [-0.39, 0.29) is 11.9 Å². The van der Waals surface area contributed by atoms with Gasteiger partial charge in [0.15, 0.2) is 5.76 Å². The Morgan fingerprint density at radius 3 is 2.29 bits per heavy atom. The van der Waals surface area contributed by atoms with Gasteiger partial charge in [-0.2, -0.15) is 0 Å². The highest BCUT2D eigenvalue weighted by Gasteiger charge is 2.32. The molecule has 0 unspecified atom stereocenters. The maximum Gasteiger partial charge on any atom is 0.291 e. The Kier molecular flexibility index (Phi) is 6.75. The molecular weight excluding hydrogens is 454 g/mol. The van der Waals surface area contributed by atoms with Crippen LogP contribution in [0.2, 0.25) is 0 Å². The Morgan fingerprint density at radius 1 is 0.914 bits per heavy atom. The van der Waals surface area contributed by atoms with Crippen LogP contribution in [0.5, 0.6) is 0 Å². The molecule has 0 saturated carbocycles. The first-order chi connectivity index (χ1) is 17.0. The molecule has 6 heteroatoms. The first kappa shape index (κ1) is 23.4. The fourth-order valence-corrected chi connectivity index (χ4v) is 5.91. The van der Waals surface area contributed by atoms with Crippen molar-refractivity contribution in [1.82, 2.24) is 4.90 Å². The van der Waals surface area contributed by atoms with Crippen LogP contribution in [0, 0.1) is 20.8 Å². The smallest absolute Gasteiger partial charge is 0.291 e. The molecule has 1 amide bonds. The summed E-state index contributed by atoms with van der Waals surface area (Å²) in [5.41, 5.74) is 6.18. The van der Waals surface area contributed by atoms with Crippen LogP contribution in [0.1, 0.15) is 43.7 Å². The molecule has 1 atom stereocenters. The predicted molar refractivity (Wildman–Crippen MR) is 144 cm³/mol. The summed E-state index contributed by atoms with van der Waals surface area (Å²) in [6.45, 7) is 10.2. The molecule has 1 fully saturated rings. The van der Waals surface area contributed by atoms with Gasteiger partial charge in [0.2, 0.25) is 0 Å². The van der Waals surface area contributed by atoms with Crippen molar-refractivity contribution in [1.29, 1.82) is 0 Å². The number of benzene rings is 2. The minimum atomic E-state index is -0.214. The molecule has 5 rings (SSSR count). The lowest BCUT2D eigenvalue weighted by Crippen LogP contribution is -2.48. The van der Waals surface area contributed by atoms with Gasteiger partial charge >= 0.3 is 0 Å². The first-order valence-electron chi connectivity index (χ1n) is 12.1. The van der Waals surface area contributed by atoms with Gasteiger partial charge in [-0.3, -0.25) is 9.69 Å². The number of piperazine rings is 1. The van der Waals surface area contributed by atoms with E-state index in [4.69, 9.17) is 4.42 Å². The molecule has 5 nitrogen and oxygen atoms in total. The van der Waals surface area contributed by atoms with Gasteiger partial charge in [0.25, 0.3) is 5.91 Å². The predicted octanol–water partition coefficient (Wildman–Crippen LogP) is 6.43. The first-order valence-corrected chi connectivity index (χ1v) is 12.9. The van der Waals surface area contributed by atoms with Crippen LogP contribution in [0.25, 0.3) is 0 Å². The van der Waals surface area contributed by atoms with Crippen molar-refractivity contribution in [2.75, 3.05) is 36.4 Å². The van der Waals surface area contributed by atoms with Crippen molar-refractivity contribution in [3.05, 3.63) is 106 Å². The van der Waals surface area contributed by atoms with Gasteiger partial charge < -0.3 is 14.6 Å². The molecule has 0 radical (unpaired) electrons. The summed E-state index contributed by atoms with van der Waals surface area (Å²) in [6, 6.07) is 22.9. The number of thiophene rings is 1. The molecule has 1 aliphatic heterocycles. The van der Waals surface area contributed by atoms with Gasteiger partial charge in [-0.15, -0.1) is 11.3 Å². The van der Waals surface area contributed by atoms with E-state index in [1.54, 1.807) is 23.5 Å². The van der Waals surface area contributed by atoms with Crippen molar-refractivity contribution in [2.45, 2.75) is 26.8 Å². The molecule has 35 heavy (non-hydrogen) atoms. The maximum atomic E-state index is 12.9. The van der Waals surface area contributed by atoms with Crippen molar-refractivity contribution < 1.29 is 9.21 Å². The van der Waals surface area contributed by atoms with Gasteiger partial charge in [0.05, 0.1) is 12.3 Å². The zero-order valence-corrected chi connectivity index (χ0v) is 21.3. The number of nitrogens with one attached hydrogen (secondary N) is 1. The fourth-order valence-electron chi connectivity index (χ4n) is 4.83. The lowest BCUT2D eigenvalue weighted by atomic mass is 9.93. The normalized spacial score (nSPS) is 15.2. The van der Waals surface area contributed by atoms with E-state index in [0.29, 0.717) is 5.76 Å². The highest BCUT2D eigenvalue weighted by atomic mass is 32.1. The van der Waals surface area contributed by atoms with Crippen LogP contribution in [0.15, 0.2) is 77.4 Å². The Morgan fingerprint density at radius 2 is 1.63 bits per heavy atom. The largest absolute Gasteiger partial charge is 0.459 e. The minimum absolute atomic E-state index is 0.0605. The molecule has 2 aromatic heterocycles. The fraction of sp³-hybridized carbons (Fsp3) is 0.276. The summed E-state index contributed by atoms with van der Waals surface area (Å²) >= 11 is 1.64. The Hall–Kier alpha value is -3.35. The van der Waals surface area contributed by atoms with E-state index < -0.39 is 0 Å². The molecule has 0 aliphatic carbocycles. The third kappa shape index (κ3) is 4.90. The second kappa shape index (κ2) is 10.1. The molecule has 4 aromatic rings. The number of hydrogen-bond donors (Lipinski definition) is 1. The summed E-state index contributed by atoms with van der Waals surface area (Å²) in [6.07, 6.45) is 1.53. The van der Waals surface area contributed by atoms with Crippen molar-refractivity contribution in [3.63, 3.8) is 0 Å². The Bertz CT molecular complexity index is 1270. The van der Waals surface area contributed by atoms with Crippen molar-refractivity contribution in [2.24, 2.45) is 0 Å². The lowest BCUT2D eigenvalue weighted by Gasteiger charge is -2.41. The van der Waals surface area contributed by atoms with Gasteiger partial charge in [-0.25, -0.2) is 0 Å². The summed E-state index contributed by atoms with van der Waals surface area (Å²) in [4.78, 5) is 19.1. The van der Waals surface area contributed by atoms with Crippen molar-refractivity contribution in [3.8, 4) is 0 Å². The molecule has 1 aliphatic rings. The number of para-hydroxylation sites is 1. The molecule has 1 saturated heterocycles. The quantitative estimate of drug-likeness (QED) is 0.342. The molecular formula is C29H31N3O2S. The number of rotatable bonds is 6. The van der Waals surface area contributed by atoms with E-state index in [0.717, 1.165) is 31.2 Å². The molecule has 2 aromatic carbocycles. The third-order valence-electron chi connectivity index (χ3n) is 6.87. The average molecular weight is 486 g/mol.